The molecule has 2 rings (SSSR count). The molecule has 1 aromatic heterocycles. The number of nitrogens with zero attached hydrogens (tertiary/aromatic N) is 1. The Bertz CT molecular complexity index is 666. The van der Waals surface area contributed by atoms with E-state index in [0.717, 1.165) is 6.20 Å². The molecular formula is C13H7Cl3F3NO. The average Bonchev–Trinajstić information content (AvgIpc) is 2.36. The van der Waals surface area contributed by atoms with Crippen molar-refractivity contribution < 1.29 is 17.9 Å². The summed E-state index contributed by atoms with van der Waals surface area (Å²) in [5, 5.41) is 0.166. The second-order valence-corrected chi connectivity index (χ2v) is 5.23. The van der Waals surface area contributed by atoms with Gasteiger partial charge in [0.25, 0.3) is 0 Å². The predicted molar refractivity (Wildman–Crippen MR) is 76.3 cm³/mol. The second-order valence-electron chi connectivity index (χ2n) is 3.98. The lowest BCUT2D eigenvalue weighted by molar-refractivity contribution is -0.140. The molecule has 0 aliphatic heterocycles. The van der Waals surface area contributed by atoms with Gasteiger partial charge in [-0.15, -0.1) is 0 Å². The average molecular weight is 357 g/mol. The molecule has 0 atom stereocenters. The SMILES string of the molecule is COc1ccnc(C(F)(F)F)c1-c1c(Cl)cc(Cl)cc1Cl. The molecule has 0 saturated carbocycles. The minimum absolute atomic E-state index is 0.0238. The van der Waals surface area contributed by atoms with E-state index in [1.807, 2.05) is 0 Å². The standard InChI is InChI=1S/C13H7Cl3F3NO/c1-21-9-2-3-20-12(13(17,18)19)11(9)10-7(15)4-6(14)5-8(10)16/h2-5H,1H3. The minimum atomic E-state index is -4.68. The van der Waals surface area contributed by atoms with E-state index in [1.165, 1.54) is 25.3 Å². The van der Waals surface area contributed by atoms with Gasteiger partial charge in [-0.05, 0) is 18.2 Å². The number of alkyl halides is 3. The minimum Gasteiger partial charge on any atom is -0.496 e. The first-order valence-corrected chi connectivity index (χ1v) is 6.64. The third-order valence-corrected chi connectivity index (χ3v) is 3.47. The number of pyridine rings is 1. The van der Waals surface area contributed by atoms with E-state index in [4.69, 9.17) is 39.5 Å². The van der Waals surface area contributed by atoms with Crippen molar-refractivity contribution in [3.8, 4) is 16.9 Å². The van der Waals surface area contributed by atoms with Gasteiger partial charge in [-0.3, -0.25) is 4.98 Å². The van der Waals surface area contributed by atoms with Crippen LogP contribution in [0.3, 0.4) is 0 Å². The van der Waals surface area contributed by atoms with Crippen LogP contribution < -0.4 is 4.74 Å². The predicted octanol–water partition coefficient (Wildman–Crippen LogP) is 5.74. The lowest BCUT2D eigenvalue weighted by atomic mass is 10.0. The van der Waals surface area contributed by atoms with Crippen LogP contribution >= 0.6 is 34.8 Å². The summed E-state index contributed by atoms with van der Waals surface area (Å²) in [6.45, 7) is 0. The molecule has 0 N–H and O–H groups in total. The summed E-state index contributed by atoms with van der Waals surface area (Å²) in [6.07, 6.45) is -3.68. The van der Waals surface area contributed by atoms with E-state index in [0.29, 0.717) is 0 Å². The maximum absolute atomic E-state index is 13.2. The molecule has 2 aromatic rings. The fraction of sp³-hybridized carbons (Fsp3) is 0.154. The van der Waals surface area contributed by atoms with E-state index < -0.39 is 11.9 Å². The third-order valence-electron chi connectivity index (χ3n) is 2.66. The Hall–Kier alpha value is -1.17. The first-order valence-electron chi connectivity index (χ1n) is 5.50. The van der Waals surface area contributed by atoms with E-state index in [-0.39, 0.29) is 31.9 Å². The zero-order valence-electron chi connectivity index (χ0n) is 10.4. The molecule has 2 nitrogen and oxygen atoms in total. The summed E-state index contributed by atoms with van der Waals surface area (Å²) in [7, 11) is 1.25. The quantitative estimate of drug-likeness (QED) is 0.685. The Kier molecular flexibility index (Phi) is 4.56. The Labute approximate surface area is 133 Å². The highest BCUT2D eigenvalue weighted by atomic mass is 35.5. The van der Waals surface area contributed by atoms with Crippen LogP contribution in [0.15, 0.2) is 24.4 Å². The van der Waals surface area contributed by atoms with Gasteiger partial charge in [-0.2, -0.15) is 13.2 Å². The fourth-order valence-corrected chi connectivity index (χ4v) is 2.86. The summed E-state index contributed by atoms with van der Waals surface area (Å²) in [4.78, 5) is 3.38. The van der Waals surface area contributed by atoms with Crippen LogP contribution in [0.25, 0.3) is 11.1 Å². The van der Waals surface area contributed by atoms with Gasteiger partial charge in [-0.25, -0.2) is 0 Å². The van der Waals surface area contributed by atoms with Gasteiger partial charge in [0.05, 0.1) is 22.7 Å². The molecule has 21 heavy (non-hydrogen) atoms. The second kappa shape index (κ2) is 5.91. The zero-order valence-corrected chi connectivity index (χ0v) is 12.7. The molecule has 0 aliphatic rings. The number of benzene rings is 1. The Morgan fingerprint density at radius 1 is 1.05 bits per heavy atom. The highest BCUT2D eigenvalue weighted by Crippen LogP contribution is 2.46. The summed E-state index contributed by atoms with van der Waals surface area (Å²) >= 11 is 17.8. The summed E-state index contributed by atoms with van der Waals surface area (Å²) in [5.41, 5.74) is -1.48. The zero-order chi connectivity index (χ0) is 15.8. The van der Waals surface area contributed by atoms with Crippen LogP contribution in [0.4, 0.5) is 13.2 Å². The number of ether oxygens (including phenoxy) is 1. The van der Waals surface area contributed by atoms with Gasteiger partial charge in [0.15, 0.2) is 5.69 Å². The summed E-state index contributed by atoms with van der Waals surface area (Å²) in [5.74, 6) is -0.0385. The lowest BCUT2D eigenvalue weighted by Crippen LogP contribution is -2.11. The van der Waals surface area contributed by atoms with Crippen molar-refractivity contribution >= 4 is 34.8 Å². The molecule has 0 aliphatic carbocycles. The number of aromatic nitrogens is 1. The third kappa shape index (κ3) is 3.20. The van der Waals surface area contributed by atoms with Crippen molar-refractivity contribution in [2.24, 2.45) is 0 Å². The van der Waals surface area contributed by atoms with Crippen molar-refractivity contribution in [3.05, 3.63) is 45.2 Å². The van der Waals surface area contributed by atoms with Crippen molar-refractivity contribution in [2.75, 3.05) is 7.11 Å². The maximum atomic E-state index is 13.2. The number of hydrogen-bond donors (Lipinski definition) is 0. The van der Waals surface area contributed by atoms with Gasteiger partial charge >= 0.3 is 6.18 Å². The molecule has 0 radical (unpaired) electrons. The number of halogens is 6. The van der Waals surface area contributed by atoms with Gasteiger partial charge in [0.1, 0.15) is 5.75 Å². The van der Waals surface area contributed by atoms with Crippen molar-refractivity contribution in [2.45, 2.75) is 6.18 Å². The molecule has 1 heterocycles. The van der Waals surface area contributed by atoms with E-state index in [2.05, 4.69) is 4.98 Å². The van der Waals surface area contributed by atoms with Gasteiger partial charge < -0.3 is 4.74 Å². The van der Waals surface area contributed by atoms with Crippen LogP contribution in [-0.2, 0) is 6.18 Å². The highest BCUT2D eigenvalue weighted by molar-refractivity contribution is 6.42. The highest BCUT2D eigenvalue weighted by Gasteiger charge is 2.38. The van der Waals surface area contributed by atoms with Crippen LogP contribution in [0, 0.1) is 0 Å². The number of methoxy groups -OCH3 is 1. The van der Waals surface area contributed by atoms with Gasteiger partial charge in [-0.1, -0.05) is 34.8 Å². The molecule has 0 fully saturated rings. The molecule has 0 saturated heterocycles. The molecule has 0 amide bonds. The topological polar surface area (TPSA) is 22.1 Å². The molecule has 0 spiro atoms. The van der Waals surface area contributed by atoms with Crippen LogP contribution in [-0.4, -0.2) is 12.1 Å². The molecule has 1 aromatic carbocycles. The van der Waals surface area contributed by atoms with Crippen LogP contribution in [0.1, 0.15) is 5.69 Å². The smallest absolute Gasteiger partial charge is 0.434 e. The van der Waals surface area contributed by atoms with Gasteiger partial charge in [0.2, 0.25) is 0 Å². The maximum Gasteiger partial charge on any atom is 0.434 e. The monoisotopic (exact) mass is 355 g/mol. The summed E-state index contributed by atoms with van der Waals surface area (Å²) in [6, 6.07) is 3.90. The molecular weight excluding hydrogens is 350 g/mol. The van der Waals surface area contributed by atoms with Crippen LogP contribution in [0.5, 0.6) is 5.75 Å². The normalized spacial score (nSPS) is 11.6. The lowest BCUT2D eigenvalue weighted by Gasteiger charge is -2.17. The first kappa shape index (κ1) is 16.2. The number of hydrogen-bond acceptors (Lipinski definition) is 2. The fourth-order valence-electron chi connectivity index (χ4n) is 1.85. The van der Waals surface area contributed by atoms with Crippen molar-refractivity contribution in [1.29, 1.82) is 0 Å². The van der Waals surface area contributed by atoms with Gasteiger partial charge in [0, 0.05) is 16.8 Å². The number of rotatable bonds is 2. The molecule has 8 heteroatoms. The molecule has 112 valence electrons. The van der Waals surface area contributed by atoms with Crippen molar-refractivity contribution in [1.82, 2.24) is 4.98 Å². The molecule has 0 bridgehead atoms. The van der Waals surface area contributed by atoms with Crippen LogP contribution in [0.2, 0.25) is 15.1 Å². The van der Waals surface area contributed by atoms with Crippen molar-refractivity contribution in [3.63, 3.8) is 0 Å². The Balaban J connectivity index is 2.86. The van der Waals surface area contributed by atoms with E-state index in [1.54, 1.807) is 0 Å². The Morgan fingerprint density at radius 3 is 2.10 bits per heavy atom. The summed E-state index contributed by atoms with van der Waals surface area (Å²) < 4.78 is 44.5. The Morgan fingerprint density at radius 2 is 1.62 bits per heavy atom. The van der Waals surface area contributed by atoms with E-state index in [9.17, 15) is 13.2 Å². The van der Waals surface area contributed by atoms with E-state index >= 15 is 0 Å². The largest absolute Gasteiger partial charge is 0.496 e. The molecule has 0 unspecified atom stereocenters. The first-order chi connectivity index (χ1) is 9.75.